The van der Waals surface area contributed by atoms with Crippen molar-refractivity contribution in [3.05, 3.63) is 75.8 Å². The van der Waals surface area contributed by atoms with Crippen LogP contribution >= 0.6 is 11.6 Å². The molecular formula is C24H23ClN4O4. The van der Waals surface area contributed by atoms with Crippen LogP contribution in [0.15, 0.2) is 64.2 Å². The van der Waals surface area contributed by atoms with Gasteiger partial charge in [0.25, 0.3) is 11.3 Å². The van der Waals surface area contributed by atoms with E-state index in [0.717, 1.165) is 5.56 Å². The van der Waals surface area contributed by atoms with Crippen LogP contribution < -0.4 is 15.6 Å². The van der Waals surface area contributed by atoms with Crippen molar-refractivity contribution in [3.63, 3.8) is 0 Å². The molecule has 1 unspecified atom stereocenters. The minimum absolute atomic E-state index is 0.103. The summed E-state index contributed by atoms with van der Waals surface area (Å²) < 4.78 is 11.9. The lowest BCUT2D eigenvalue weighted by Crippen LogP contribution is -2.30. The molecule has 1 amide bonds. The van der Waals surface area contributed by atoms with Crippen LogP contribution in [-0.2, 0) is 11.3 Å². The fourth-order valence-electron chi connectivity index (χ4n) is 3.51. The lowest BCUT2D eigenvalue weighted by Gasteiger charge is -2.13. The largest absolute Gasteiger partial charge is 0.497 e. The molecule has 2 heterocycles. The number of amides is 1. The zero-order valence-electron chi connectivity index (χ0n) is 18.2. The number of aryl methyl sites for hydroxylation is 1. The van der Waals surface area contributed by atoms with Crippen LogP contribution in [0.3, 0.4) is 0 Å². The number of rotatable bonds is 8. The van der Waals surface area contributed by atoms with Crippen molar-refractivity contribution in [2.75, 3.05) is 13.7 Å². The molecule has 0 bridgehead atoms. The second-order valence-electron chi connectivity index (χ2n) is 7.67. The molecule has 0 aliphatic heterocycles. The van der Waals surface area contributed by atoms with Crippen molar-refractivity contribution in [3.8, 4) is 17.0 Å². The van der Waals surface area contributed by atoms with E-state index in [-0.39, 0.29) is 47.1 Å². The minimum Gasteiger partial charge on any atom is -0.497 e. The third-order valence-corrected chi connectivity index (χ3v) is 5.78. The van der Waals surface area contributed by atoms with Crippen LogP contribution in [0.2, 0.25) is 5.02 Å². The number of hydrogen-bond acceptors (Lipinski definition) is 6. The van der Waals surface area contributed by atoms with Gasteiger partial charge in [-0.25, -0.2) is 4.98 Å². The number of aromatic nitrogens is 3. The molecule has 1 atom stereocenters. The number of halogens is 1. The van der Waals surface area contributed by atoms with Gasteiger partial charge < -0.3 is 14.6 Å². The van der Waals surface area contributed by atoms with E-state index >= 15 is 0 Å². The molecule has 2 aromatic carbocycles. The Kier molecular flexibility index (Phi) is 6.74. The van der Waals surface area contributed by atoms with Gasteiger partial charge in [0.2, 0.25) is 5.91 Å². The van der Waals surface area contributed by atoms with Gasteiger partial charge in [0.1, 0.15) is 23.2 Å². The molecule has 0 aliphatic rings. The fourth-order valence-corrected chi connectivity index (χ4v) is 3.72. The highest BCUT2D eigenvalue weighted by atomic mass is 35.5. The Morgan fingerprint density at radius 2 is 2.03 bits per heavy atom. The third kappa shape index (κ3) is 4.90. The maximum absolute atomic E-state index is 13.1. The average Bonchev–Trinajstić information content (AvgIpc) is 3.27. The number of methoxy groups -OCH3 is 1. The van der Waals surface area contributed by atoms with E-state index in [4.69, 9.17) is 20.9 Å². The number of hydrogen-bond donors (Lipinski definition) is 1. The standard InChI is InChI=1S/C24H23ClN4O4/c1-15(16-6-4-3-5-7-16)13-26-20(30)10-11-29-14-27-23-21(24(29)31)22(28-33-23)18-12-17(32-2)8-9-19(18)25/h3-9,12,14-15H,10-11,13H2,1-2H3,(H,26,30). The van der Waals surface area contributed by atoms with Crippen LogP contribution in [0.4, 0.5) is 0 Å². The molecule has 9 heteroatoms. The summed E-state index contributed by atoms with van der Waals surface area (Å²) in [5.74, 6) is 0.602. The Morgan fingerprint density at radius 1 is 1.24 bits per heavy atom. The van der Waals surface area contributed by atoms with Crippen molar-refractivity contribution in [1.82, 2.24) is 20.0 Å². The predicted octanol–water partition coefficient (Wildman–Crippen LogP) is 4.02. The summed E-state index contributed by atoms with van der Waals surface area (Å²) >= 11 is 6.32. The lowest BCUT2D eigenvalue weighted by molar-refractivity contribution is -0.121. The van der Waals surface area contributed by atoms with E-state index in [0.29, 0.717) is 22.9 Å². The second kappa shape index (κ2) is 9.87. The third-order valence-electron chi connectivity index (χ3n) is 5.45. The molecular weight excluding hydrogens is 444 g/mol. The molecule has 4 rings (SSSR count). The summed E-state index contributed by atoms with van der Waals surface area (Å²) in [6.07, 6.45) is 1.49. The van der Waals surface area contributed by atoms with Crippen LogP contribution in [0.1, 0.15) is 24.8 Å². The quantitative estimate of drug-likeness (QED) is 0.421. The van der Waals surface area contributed by atoms with E-state index in [1.807, 2.05) is 30.3 Å². The molecule has 0 fully saturated rings. The van der Waals surface area contributed by atoms with E-state index in [9.17, 15) is 9.59 Å². The highest BCUT2D eigenvalue weighted by Crippen LogP contribution is 2.33. The maximum Gasteiger partial charge on any atom is 0.266 e. The van der Waals surface area contributed by atoms with Crippen LogP contribution in [0.5, 0.6) is 5.75 Å². The van der Waals surface area contributed by atoms with Crippen molar-refractivity contribution in [2.24, 2.45) is 0 Å². The molecule has 33 heavy (non-hydrogen) atoms. The topological polar surface area (TPSA) is 99.2 Å². The fraction of sp³-hybridized carbons (Fsp3) is 0.250. The van der Waals surface area contributed by atoms with Gasteiger partial charge in [-0.2, -0.15) is 0 Å². The summed E-state index contributed by atoms with van der Waals surface area (Å²) in [5.41, 5.74) is 1.67. The van der Waals surface area contributed by atoms with Gasteiger partial charge in [0.15, 0.2) is 0 Å². The van der Waals surface area contributed by atoms with Gasteiger partial charge in [-0.15, -0.1) is 0 Å². The molecule has 0 saturated carbocycles. The summed E-state index contributed by atoms with van der Waals surface area (Å²) in [6.45, 7) is 2.73. The monoisotopic (exact) mass is 466 g/mol. The number of fused-ring (bicyclic) bond motifs is 1. The number of carbonyl (C=O) groups is 1. The van der Waals surface area contributed by atoms with Crippen LogP contribution in [0.25, 0.3) is 22.4 Å². The predicted molar refractivity (Wildman–Crippen MR) is 126 cm³/mol. The Labute approximate surface area is 195 Å². The van der Waals surface area contributed by atoms with E-state index in [1.54, 1.807) is 18.2 Å². The summed E-state index contributed by atoms with van der Waals surface area (Å²) in [5, 5.41) is 7.53. The molecule has 2 aromatic heterocycles. The highest BCUT2D eigenvalue weighted by molar-refractivity contribution is 6.33. The van der Waals surface area contributed by atoms with E-state index in [2.05, 4.69) is 22.4 Å². The first-order chi connectivity index (χ1) is 16.0. The van der Waals surface area contributed by atoms with Gasteiger partial charge >= 0.3 is 0 Å². The zero-order chi connectivity index (χ0) is 23.4. The minimum atomic E-state index is -0.361. The van der Waals surface area contributed by atoms with Gasteiger partial charge in [-0.3, -0.25) is 14.2 Å². The number of ether oxygens (including phenoxy) is 1. The number of carbonyl (C=O) groups excluding carboxylic acids is 1. The molecule has 0 spiro atoms. The molecule has 0 aliphatic carbocycles. The Bertz CT molecular complexity index is 1330. The Hall–Kier alpha value is -3.65. The molecule has 8 nitrogen and oxygen atoms in total. The maximum atomic E-state index is 13.1. The van der Waals surface area contributed by atoms with Crippen LogP contribution in [0, 0.1) is 0 Å². The Morgan fingerprint density at radius 3 is 2.79 bits per heavy atom. The zero-order valence-corrected chi connectivity index (χ0v) is 19.0. The first kappa shape index (κ1) is 22.5. The molecule has 170 valence electrons. The van der Waals surface area contributed by atoms with Gasteiger partial charge in [0.05, 0.1) is 12.1 Å². The smallest absolute Gasteiger partial charge is 0.266 e. The Balaban J connectivity index is 1.49. The molecule has 0 saturated heterocycles. The van der Waals surface area contributed by atoms with Crippen molar-refractivity contribution < 1.29 is 14.1 Å². The SMILES string of the molecule is COc1ccc(Cl)c(-c2noc3ncn(CCC(=O)NCC(C)c4ccccc4)c(=O)c23)c1. The van der Waals surface area contributed by atoms with Gasteiger partial charge in [-0.1, -0.05) is 54.0 Å². The molecule has 0 radical (unpaired) electrons. The number of nitrogens with zero attached hydrogens (tertiary/aromatic N) is 3. The van der Waals surface area contributed by atoms with Gasteiger partial charge in [-0.05, 0) is 29.7 Å². The van der Waals surface area contributed by atoms with E-state index < -0.39 is 0 Å². The average molecular weight is 467 g/mol. The highest BCUT2D eigenvalue weighted by Gasteiger charge is 2.20. The van der Waals surface area contributed by atoms with Crippen molar-refractivity contribution >= 4 is 28.6 Å². The number of benzene rings is 2. The summed E-state index contributed by atoms with van der Waals surface area (Å²) in [4.78, 5) is 29.7. The normalized spacial score (nSPS) is 12.0. The summed E-state index contributed by atoms with van der Waals surface area (Å²) in [6, 6.07) is 15.0. The first-order valence-electron chi connectivity index (χ1n) is 10.5. The summed E-state index contributed by atoms with van der Waals surface area (Å²) in [7, 11) is 1.54. The first-order valence-corrected chi connectivity index (χ1v) is 10.9. The molecule has 4 aromatic rings. The van der Waals surface area contributed by atoms with Crippen LogP contribution in [-0.4, -0.2) is 34.3 Å². The van der Waals surface area contributed by atoms with E-state index in [1.165, 1.54) is 18.0 Å². The van der Waals surface area contributed by atoms with Crippen molar-refractivity contribution in [1.29, 1.82) is 0 Å². The molecule has 1 N–H and O–H groups in total. The van der Waals surface area contributed by atoms with Crippen molar-refractivity contribution in [2.45, 2.75) is 25.8 Å². The van der Waals surface area contributed by atoms with Gasteiger partial charge in [0, 0.05) is 25.1 Å². The second-order valence-corrected chi connectivity index (χ2v) is 8.07. The number of nitrogens with one attached hydrogen (secondary N) is 1. The lowest BCUT2D eigenvalue weighted by atomic mass is 10.0.